The molecule has 1 aromatic carbocycles. The predicted octanol–water partition coefficient (Wildman–Crippen LogP) is 2.83. The van der Waals surface area contributed by atoms with Crippen LogP contribution in [0.1, 0.15) is 32.8 Å². The average molecular weight is 232 g/mol. The van der Waals surface area contributed by atoms with Crippen molar-refractivity contribution in [2.75, 3.05) is 18.0 Å². The van der Waals surface area contributed by atoms with Crippen LogP contribution >= 0.6 is 0 Å². The second kappa shape index (κ2) is 5.54. The molecule has 94 valence electrons. The van der Waals surface area contributed by atoms with E-state index in [4.69, 9.17) is 0 Å². The Balaban J connectivity index is 2.15. The van der Waals surface area contributed by atoms with Gasteiger partial charge in [-0.05, 0) is 44.9 Å². The number of hydrogen-bond donors (Lipinski definition) is 1. The quantitative estimate of drug-likeness (QED) is 0.858. The minimum Gasteiger partial charge on any atom is -0.367 e. The Morgan fingerprint density at radius 1 is 1.41 bits per heavy atom. The van der Waals surface area contributed by atoms with Crippen LogP contribution in [0.25, 0.3) is 0 Å². The summed E-state index contributed by atoms with van der Waals surface area (Å²) >= 11 is 0. The van der Waals surface area contributed by atoms with Gasteiger partial charge in [0.25, 0.3) is 0 Å². The summed E-state index contributed by atoms with van der Waals surface area (Å²) in [5, 5.41) is 3.50. The lowest BCUT2D eigenvalue weighted by molar-refractivity contribution is 0.493. The Labute approximate surface area is 105 Å². The summed E-state index contributed by atoms with van der Waals surface area (Å²) in [6.07, 6.45) is 2.50. The molecule has 1 N–H and O–H groups in total. The smallest absolute Gasteiger partial charge is 0.0401 e. The maximum Gasteiger partial charge on any atom is 0.0401 e. The van der Waals surface area contributed by atoms with Gasteiger partial charge in [0.1, 0.15) is 0 Å². The van der Waals surface area contributed by atoms with Crippen LogP contribution in [-0.4, -0.2) is 25.2 Å². The third kappa shape index (κ3) is 2.81. The van der Waals surface area contributed by atoms with Crippen LogP contribution < -0.4 is 10.2 Å². The summed E-state index contributed by atoms with van der Waals surface area (Å²) in [6.45, 7) is 8.93. The molecule has 1 aliphatic heterocycles. The van der Waals surface area contributed by atoms with Crippen LogP contribution in [0.4, 0.5) is 5.69 Å². The Morgan fingerprint density at radius 2 is 2.18 bits per heavy atom. The zero-order valence-corrected chi connectivity index (χ0v) is 11.2. The molecule has 2 heteroatoms. The van der Waals surface area contributed by atoms with Crippen molar-refractivity contribution < 1.29 is 0 Å². The molecule has 0 bridgehead atoms. The molecule has 0 radical (unpaired) electrons. The van der Waals surface area contributed by atoms with Gasteiger partial charge in [-0.25, -0.2) is 0 Å². The minimum atomic E-state index is 0.550. The van der Waals surface area contributed by atoms with E-state index in [1.165, 1.54) is 24.1 Å². The van der Waals surface area contributed by atoms with E-state index in [0.717, 1.165) is 13.1 Å². The molecule has 0 aromatic heterocycles. The Kier molecular flexibility index (Phi) is 4.06. The summed E-state index contributed by atoms with van der Waals surface area (Å²) < 4.78 is 0. The van der Waals surface area contributed by atoms with E-state index < -0.39 is 0 Å². The van der Waals surface area contributed by atoms with Crippen LogP contribution in [0.2, 0.25) is 0 Å². The van der Waals surface area contributed by atoms with E-state index in [2.05, 4.69) is 55.3 Å². The number of para-hydroxylation sites is 1. The van der Waals surface area contributed by atoms with Crippen molar-refractivity contribution in [1.82, 2.24) is 5.32 Å². The second-order valence-corrected chi connectivity index (χ2v) is 5.13. The number of aryl methyl sites for hydroxylation is 1. The average Bonchev–Trinajstić information content (AvgIpc) is 2.33. The maximum atomic E-state index is 3.50. The maximum absolute atomic E-state index is 3.50. The topological polar surface area (TPSA) is 15.3 Å². The lowest BCUT2D eigenvalue weighted by Gasteiger charge is -2.38. The van der Waals surface area contributed by atoms with Crippen molar-refractivity contribution in [2.45, 2.75) is 45.7 Å². The third-order valence-electron chi connectivity index (χ3n) is 3.69. The molecule has 2 atom stereocenters. The highest BCUT2D eigenvalue weighted by Gasteiger charge is 2.23. The van der Waals surface area contributed by atoms with Crippen LogP contribution in [0, 0.1) is 0 Å². The van der Waals surface area contributed by atoms with E-state index in [-0.39, 0.29) is 0 Å². The summed E-state index contributed by atoms with van der Waals surface area (Å²) in [7, 11) is 0. The molecule has 0 saturated carbocycles. The first-order valence-corrected chi connectivity index (χ1v) is 6.80. The summed E-state index contributed by atoms with van der Waals surface area (Å²) in [5.74, 6) is 0. The summed E-state index contributed by atoms with van der Waals surface area (Å²) in [4.78, 5) is 2.56. The Hall–Kier alpha value is -1.02. The number of likely N-dealkylation sites (N-methyl/N-ethyl adjacent to an activating group) is 1. The summed E-state index contributed by atoms with van der Waals surface area (Å²) in [6, 6.07) is 10.1. The predicted molar refractivity (Wildman–Crippen MR) is 74.7 cm³/mol. The van der Waals surface area contributed by atoms with E-state index in [0.29, 0.717) is 12.1 Å². The van der Waals surface area contributed by atoms with Crippen LogP contribution in [0.5, 0.6) is 0 Å². The van der Waals surface area contributed by atoms with Crippen LogP contribution in [0.3, 0.4) is 0 Å². The van der Waals surface area contributed by atoms with Gasteiger partial charge in [0.2, 0.25) is 0 Å². The molecule has 0 aliphatic carbocycles. The highest BCUT2D eigenvalue weighted by atomic mass is 15.2. The lowest BCUT2D eigenvalue weighted by Crippen LogP contribution is -2.45. The number of nitrogens with one attached hydrogen (secondary N) is 1. The Morgan fingerprint density at radius 3 is 2.94 bits per heavy atom. The molecular weight excluding hydrogens is 208 g/mol. The largest absolute Gasteiger partial charge is 0.367 e. The first-order chi connectivity index (χ1) is 8.22. The molecular formula is C15H24N2. The minimum absolute atomic E-state index is 0.550. The van der Waals surface area contributed by atoms with E-state index in [1.807, 2.05) is 0 Å². The molecule has 2 nitrogen and oxygen atoms in total. The lowest BCUT2D eigenvalue weighted by atomic mass is 9.96. The molecule has 0 amide bonds. The van der Waals surface area contributed by atoms with Crippen molar-refractivity contribution in [1.29, 1.82) is 0 Å². The van der Waals surface area contributed by atoms with Gasteiger partial charge in [-0.1, -0.05) is 25.1 Å². The highest BCUT2D eigenvalue weighted by Crippen LogP contribution is 2.30. The normalized spacial score (nSPS) is 21.1. The van der Waals surface area contributed by atoms with Gasteiger partial charge in [0.05, 0.1) is 0 Å². The number of anilines is 1. The first-order valence-electron chi connectivity index (χ1n) is 6.80. The van der Waals surface area contributed by atoms with Gasteiger partial charge in [-0.3, -0.25) is 0 Å². The van der Waals surface area contributed by atoms with Gasteiger partial charge < -0.3 is 10.2 Å². The van der Waals surface area contributed by atoms with E-state index >= 15 is 0 Å². The van der Waals surface area contributed by atoms with Gasteiger partial charge >= 0.3 is 0 Å². The molecule has 0 spiro atoms. The zero-order valence-electron chi connectivity index (χ0n) is 11.2. The number of nitrogens with zero attached hydrogens (tertiary/aromatic N) is 1. The monoisotopic (exact) mass is 232 g/mol. The summed E-state index contributed by atoms with van der Waals surface area (Å²) in [5.41, 5.74) is 2.95. The molecule has 1 heterocycles. The number of rotatable bonds is 4. The molecule has 0 saturated heterocycles. The molecule has 0 fully saturated rings. The SMILES string of the molecule is CCNC(C)CN1c2ccccc2CCC1C. The third-order valence-corrected chi connectivity index (χ3v) is 3.69. The standard InChI is InChI=1S/C15H24N2/c1-4-16-12(2)11-17-13(3)9-10-14-7-5-6-8-15(14)17/h5-8,12-13,16H,4,9-11H2,1-3H3. The van der Waals surface area contributed by atoms with Crippen molar-refractivity contribution >= 4 is 5.69 Å². The van der Waals surface area contributed by atoms with E-state index in [9.17, 15) is 0 Å². The first kappa shape index (κ1) is 12.4. The highest BCUT2D eigenvalue weighted by molar-refractivity contribution is 5.56. The van der Waals surface area contributed by atoms with Gasteiger partial charge in [0, 0.05) is 24.3 Å². The van der Waals surface area contributed by atoms with Crippen molar-refractivity contribution in [2.24, 2.45) is 0 Å². The van der Waals surface area contributed by atoms with Gasteiger partial charge in [0.15, 0.2) is 0 Å². The van der Waals surface area contributed by atoms with Gasteiger partial charge in [-0.2, -0.15) is 0 Å². The van der Waals surface area contributed by atoms with E-state index in [1.54, 1.807) is 0 Å². The molecule has 2 rings (SSSR count). The van der Waals surface area contributed by atoms with Crippen LogP contribution in [-0.2, 0) is 6.42 Å². The number of hydrogen-bond acceptors (Lipinski definition) is 2. The fourth-order valence-electron chi connectivity index (χ4n) is 2.75. The molecule has 17 heavy (non-hydrogen) atoms. The Bertz CT molecular complexity index is 362. The molecule has 1 aliphatic rings. The van der Waals surface area contributed by atoms with Gasteiger partial charge in [-0.15, -0.1) is 0 Å². The molecule has 2 unspecified atom stereocenters. The fraction of sp³-hybridized carbons (Fsp3) is 0.600. The van der Waals surface area contributed by atoms with Crippen molar-refractivity contribution in [3.05, 3.63) is 29.8 Å². The van der Waals surface area contributed by atoms with Crippen molar-refractivity contribution in [3.8, 4) is 0 Å². The second-order valence-electron chi connectivity index (χ2n) is 5.13. The number of fused-ring (bicyclic) bond motifs is 1. The zero-order chi connectivity index (χ0) is 12.3. The fourth-order valence-corrected chi connectivity index (χ4v) is 2.75. The number of benzene rings is 1. The van der Waals surface area contributed by atoms with Crippen LogP contribution in [0.15, 0.2) is 24.3 Å². The molecule has 1 aromatic rings. The van der Waals surface area contributed by atoms with Crippen molar-refractivity contribution in [3.63, 3.8) is 0 Å².